The zero-order chi connectivity index (χ0) is 13.4. The van der Waals surface area contributed by atoms with E-state index in [2.05, 4.69) is 11.1 Å². The molecule has 1 aromatic heterocycles. The number of pyridine rings is 1. The summed E-state index contributed by atoms with van der Waals surface area (Å²) < 4.78 is 40.5. The predicted molar refractivity (Wildman–Crippen MR) is 65.9 cm³/mol. The third-order valence-corrected chi connectivity index (χ3v) is 2.80. The van der Waals surface area contributed by atoms with Crippen LogP contribution in [0.4, 0.5) is 13.2 Å². The maximum atomic E-state index is 13.9. The second kappa shape index (κ2) is 5.73. The molecule has 0 aliphatic rings. The van der Waals surface area contributed by atoms with Crippen LogP contribution in [0.2, 0.25) is 0 Å². The van der Waals surface area contributed by atoms with Crippen molar-refractivity contribution in [2.75, 3.05) is 0 Å². The van der Waals surface area contributed by atoms with Crippen molar-refractivity contribution in [3.05, 3.63) is 66.0 Å². The third-order valence-electron chi connectivity index (χ3n) is 2.80. The monoisotopic (exact) mass is 451 g/mol. The molecule has 0 atom stereocenters. The number of fused-ring (bicyclic) bond motifs is 1. The van der Waals surface area contributed by atoms with Gasteiger partial charge < -0.3 is 0 Å². The van der Waals surface area contributed by atoms with Gasteiger partial charge in [-0.3, -0.25) is 4.98 Å². The molecule has 5 heteroatoms. The number of hydrogen-bond donors (Lipinski definition) is 0. The summed E-state index contributed by atoms with van der Waals surface area (Å²) in [6.07, 6.45) is 0. The molecule has 0 unspecified atom stereocenters. The van der Waals surface area contributed by atoms with Crippen LogP contribution in [0.25, 0.3) is 22.2 Å². The molecule has 1 nitrogen and oxygen atoms in total. The largest absolute Gasteiger partial charge is 0.296 e. The van der Waals surface area contributed by atoms with Crippen molar-refractivity contribution in [3.63, 3.8) is 0 Å². The Morgan fingerprint density at radius 2 is 1.75 bits per heavy atom. The van der Waals surface area contributed by atoms with Gasteiger partial charge in [0.25, 0.3) is 0 Å². The van der Waals surface area contributed by atoms with Gasteiger partial charge in [-0.15, -0.1) is 35.9 Å². The van der Waals surface area contributed by atoms with E-state index in [4.69, 9.17) is 0 Å². The number of rotatable bonds is 1. The molecule has 3 aromatic rings. The Kier molecular flexibility index (Phi) is 4.21. The normalized spacial score (nSPS) is 10.3. The van der Waals surface area contributed by atoms with Crippen molar-refractivity contribution in [1.29, 1.82) is 0 Å². The van der Waals surface area contributed by atoms with Crippen LogP contribution >= 0.6 is 0 Å². The van der Waals surface area contributed by atoms with Gasteiger partial charge in [-0.05, 0) is 23.9 Å². The Morgan fingerprint density at radius 3 is 2.45 bits per heavy atom. The van der Waals surface area contributed by atoms with Gasteiger partial charge in [-0.1, -0.05) is 0 Å². The molecule has 0 aliphatic carbocycles. The minimum absolute atomic E-state index is 0. The number of aromatic nitrogens is 1. The Balaban J connectivity index is 0.00000147. The van der Waals surface area contributed by atoms with Crippen LogP contribution in [0.5, 0.6) is 0 Å². The van der Waals surface area contributed by atoms with Gasteiger partial charge in [0.15, 0.2) is 11.6 Å². The smallest absolute Gasteiger partial charge is 0.171 e. The number of nitrogens with zero attached hydrogens (tertiary/aromatic N) is 1. The number of hydrogen-bond acceptors (Lipinski definition) is 1. The molecule has 0 amide bonds. The zero-order valence-corrected chi connectivity index (χ0v) is 12.4. The first-order chi connectivity index (χ1) is 9.16. The molecule has 0 aliphatic heterocycles. The molecule has 20 heavy (non-hydrogen) atoms. The second-order valence-corrected chi connectivity index (χ2v) is 4.02. The Bertz CT molecular complexity index is 760. The summed E-state index contributed by atoms with van der Waals surface area (Å²) in [5, 5.41) is -0.431. The van der Waals surface area contributed by atoms with E-state index in [0.29, 0.717) is 11.3 Å². The van der Waals surface area contributed by atoms with Gasteiger partial charge in [0.1, 0.15) is 5.82 Å². The van der Waals surface area contributed by atoms with E-state index >= 15 is 0 Å². The topological polar surface area (TPSA) is 12.9 Å². The second-order valence-electron chi connectivity index (χ2n) is 4.02. The van der Waals surface area contributed by atoms with Crippen LogP contribution < -0.4 is 0 Å². The summed E-state index contributed by atoms with van der Waals surface area (Å²) in [5.41, 5.74) is 0.996. The van der Waals surface area contributed by atoms with Gasteiger partial charge in [0, 0.05) is 20.1 Å². The predicted octanol–water partition coefficient (Wildman–Crippen LogP) is 4.12. The van der Waals surface area contributed by atoms with Crippen LogP contribution in [-0.4, -0.2) is 4.98 Å². The summed E-state index contributed by atoms with van der Waals surface area (Å²) in [5.74, 6) is -3.15. The van der Waals surface area contributed by atoms with Crippen molar-refractivity contribution in [2.24, 2.45) is 0 Å². The fraction of sp³-hybridized carbons (Fsp3) is 0. The van der Waals surface area contributed by atoms with E-state index in [9.17, 15) is 13.2 Å². The summed E-state index contributed by atoms with van der Waals surface area (Å²) in [6, 6.07) is 13.1. The average molecular weight is 450 g/mol. The molecule has 0 fully saturated rings. The molecule has 0 N–H and O–H groups in total. The van der Waals surface area contributed by atoms with Gasteiger partial charge in [-0.25, -0.2) is 13.2 Å². The van der Waals surface area contributed by atoms with Crippen LogP contribution in [0.15, 0.2) is 42.5 Å². The maximum Gasteiger partial charge on any atom is 0.171 e. The number of benzene rings is 2. The van der Waals surface area contributed by atoms with Crippen LogP contribution in [0.3, 0.4) is 0 Å². The standard InChI is InChI=1S/C15H7F3N.Ir/c16-10-6-7-12-14(15(10)18)11(17)8-13(19-12)9-4-2-1-3-5-9;/h1-4,6-8H;/q-1;. The molecule has 0 saturated carbocycles. The summed E-state index contributed by atoms with van der Waals surface area (Å²) in [7, 11) is 0. The fourth-order valence-corrected chi connectivity index (χ4v) is 1.91. The van der Waals surface area contributed by atoms with E-state index in [-0.39, 0.29) is 25.6 Å². The zero-order valence-electron chi connectivity index (χ0n) is 9.96. The first kappa shape index (κ1) is 14.7. The Morgan fingerprint density at radius 1 is 0.950 bits per heavy atom. The quantitative estimate of drug-likeness (QED) is 0.509. The molecule has 3 rings (SSSR count). The Labute approximate surface area is 126 Å². The molecule has 0 spiro atoms. The first-order valence-electron chi connectivity index (χ1n) is 5.58. The van der Waals surface area contributed by atoms with Crippen LogP contribution in [-0.2, 0) is 20.1 Å². The third kappa shape index (κ3) is 2.47. The molecule has 1 radical (unpaired) electrons. The van der Waals surface area contributed by atoms with Crippen molar-refractivity contribution < 1.29 is 33.3 Å². The van der Waals surface area contributed by atoms with Crippen LogP contribution in [0, 0.1) is 23.5 Å². The fourth-order valence-electron chi connectivity index (χ4n) is 1.91. The van der Waals surface area contributed by atoms with Gasteiger partial charge >= 0.3 is 0 Å². The van der Waals surface area contributed by atoms with E-state index in [1.165, 1.54) is 6.07 Å². The van der Waals surface area contributed by atoms with E-state index in [1.807, 2.05) is 0 Å². The maximum absolute atomic E-state index is 13.9. The van der Waals surface area contributed by atoms with Crippen molar-refractivity contribution in [1.82, 2.24) is 4.98 Å². The summed E-state index contributed by atoms with van der Waals surface area (Å²) >= 11 is 0. The molecule has 0 bridgehead atoms. The molecular weight excluding hydrogens is 443 g/mol. The van der Waals surface area contributed by atoms with Crippen molar-refractivity contribution >= 4 is 10.9 Å². The molecule has 2 aromatic carbocycles. The average Bonchev–Trinajstić information content (AvgIpc) is 2.43. The van der Waals surface area contributed by atoms with Crippen molar-refractivity contribution in [3.8, 4) is 11.3 Å². The van der Waals surface area contributed by atoms with Crippen LogP contribution in [0.1, 0.15) is 0 Å². The Hall–Kier alpha value is -1.71. The molecule has 1 heterocycles. The van der Waals surface area contributed by atoms with E-state index in [0.717, 1.165) is 12.1 Å². The summed E-state index contributed by atoms with van der Waals surface area (Å²) in [4.78, 5) is 4.13. The van der Waals surface area contributed by atoms with Gasteiger partial charge in [-0.2, -0.15) is 0 Å². The minimum Gasteiger partial charge on any atom is -0.296 e. The number of halogens is 3. The minimum atomic E-state index is -1.22. The first-order valence-corrected chi connectivity index (χ1v) is 5.58. The molecular formula is C15H7F3IrN-. The van der Waals surface area contributed by atoms with E-state index < -0.39 is 22.8 Å². The summed E-state index contributed by atoms with van der Waals surface area (Å²) in [6.45, 7) is 0. The van der Waals surface area contributed by atoms with E-state index in [1.54, 1.807) is 24.3 Å². The van der Waals surface area contributed by atoms with Gasteiger partial charge in [0.2, 0.25) is 0 Å². The molecule has 103 valence electrons. The van der Waals surface area contributed by atoms with Gasteiger partial charge in [0.05, 0.1) is 10.9 Å². The van der Waals surface area contributed by atoms with Crippen molar-refractivity contribution in [2.45, 2.75) is 0 Å². The SMILES string of the molecule is Fc1ccc2nc(-c3[c-]cccc3)cc(F)c2c1F.[Ir]. The molecule has 0 saturated heterocycles.